The lowest BCUT2D eigenvalue weighted by molar-refractivity contribution is 0.138. The molecule has 112 valence electrons. The molecule has 0 aliphatic heterocycles. The highest BCUT2D eigenvalue weighted by Crippen LogP contribution is 2.34. The molecule has 1 saturated carbocycles. The summed E-state index contributed by atoms with van der Waals surface area (Å²) in [7, 11) is 2.29. The second kappa shape index (κ2) is 7.24. The van der Waals surface area contributed by atoms with Gasteiger partial charge in [-0.25, -0.2) is 0 Å². The minimum absolute atomic E-state index is 0.526. The zero-order chi connectivity index (χ0) is 14.5. The van der Waals surface area contributed by atoms with Gasteiger partial charge in [0, 0.05) is 12.1 Å². The van der Waals surface area contributed by atoms with Crippen LogP contribution in [0.25, 0.3) is 0 Å². The number of benzene rings is 1. The highest BCUT2D eigenvalue weighted by Gasteiger charge is 2.32. The van der Waals surface area contributed by atoms with Gasteiger partial charge < -0.3 is 5.73 Å². The summed E-state index contributed by atoms with van der Waals surface area (Å²) in [6.45, 7) is 5.34. The molecule has 0 aromatic heterocycles. The maximum atomic E-state index is 5.95. The van der Waals surface area contributed by atoms with E-state index in [1.165, 1.54) is 30.4 Å². The van der Waals surface area contributed by atoms with Crippen molar-refractivity contribution in [3.05, 3.63) is 35.4 Å². The van der Waals surface area contributed by atoms with Gasteiger partial charge >= 0.3 is 0 Å². The molecule has 3 atom stereocenters. The maximum Gasteiger partial charge on any atom is 0.0345 e. The van der Waals surface area contributed by atoms with E-state index in [1.54, 1.807) is 0 Å². The minimum atomic E-state index is 0.526. The SMILES string of the molecule is CCc1ccc(C(CC)N(C)C2CCCC2CN)cc1. The fraction of sp³-hybridized carbons (Fsp3) is 0.667. The average Bonchev–Trinajstić information content (AvgIpc) is 2.97. The van der Waals surface area contributed by atoms with E-state index >= 15 is 0 Å². The molecule has 0 spiro atoms. The molecule has 1 aliphatic carbocycles. The normalized spacial score (nSPS) is 24.2. The Bertz CT molecular complexity index is 398. The van der Waals surface area contributed by atoms with Gasteiger partial charge in [0.1, 0.15) is 0 Å². The molecule has 0 amide bonds. The molecule has 2 N–H and O–H groups in total. The van der Waals surface area contributed by atoms with Crippen LogP contribution in [0.1, 0.15) is 56.7 Å². The van der Waals surface area contributed by atoms with Crippen LogP contribution in [-0.4, -0.2) is 24.5 Å². The molecule has 20 heavy (non-hydrogen) atoms. The first-order valence-corrected chi connectivity index (χ1v) is 8.22. The Morgan fingerprint density at radius 2 is 1.90 bits per heavy atom. The third-order valence-electron chi connectivity index (χ3n) is 5.10. The predicted molar refractivity (Wildman–Crippen MR) is 86.8 cm³/mol. The first kappa shape index (κ1) is 15.5. The van der Waals surface area contributed by atoms with Crippen molar-refractivity contribution in [2.45, 2.75) is 58.0 Å². The molecule has 0 bridgehead atoms. The Balaban J connectivity index is 2.13. The minimum Gasteiger partial charge on any atom is -0.330 e. The largest absolute Gasteiger partial charge is 0.330 e. The Labute approximate surface area is 124 Å². The number of nitrogens with zero attached hydrogens (tertiary/aromatic N) is 1. The standard InChI is InChI=1S/C18H30N2/c1-4-14-9-11-15(12-10-14)17(5-2)20(3)18-8-6-7-16(18)13-19/h9-12,16-18H,4-8,13,19H2,1-3H3. The van der Waals surface area contributed by atoms with E-state index in [0.717, 1.165) is 19.4 Å². The monoisotopic (exact) mass is 274 g/mol. The van der Waals surface area contributed by atoms with Crippen LogP contribution in [0, 0.1) is 5.92 Å². The van der Waals surface area contributed by atoms with E-state index < -0.39 is 0 Å². The van der Waals surface area contributed by atoms with Gasteiger partial charge in [-0.1, -0.05) is 44.5 Å². The molecule has 1 aromatic rings. The lowest BCUT2D eigenvalue weighted by Gasteiger charge is -2.36. The van der Waals surface area contributed by atoms with Crippen molar-refractivity contribution in [1.29, 1.82) is 0 Å². The van der Waals surface area contributed by atoms with Crippen molar-refractivity contribution in [2.24, 2.45) is 11.7 Å². The summed E-state index contributed by atoms with van der Waals surface area (Å²) in [6, 6.07) is 10.4. The van der Waals surface area contributed by atoms with Crippen LogP contribution in [0.5, 0.6) is 0 Å². The van der Waals surface area contributed by atoms with Crippen molar-refractivity contribution in [1.82, 2.24) is 4.90 Å². The third-order valence-corrected chi connectivity index (χ3v) is 5.10. The molecule has 0 saturated heterocycles. The van der Waals surface area contributed by atoms with Crippen LogP contribution in [-0.2, 0) is 6.42 Å². The molecule has 2 nitrogen and oxygen atoms in total. The molecule has 0 radical (unpaired) electrons. The summed E-state index contributed by atoms with van der Waals surface area (Å²) in [5, 5.41) is 0. The van der Waals surface area contributed by atoms with Gasteiger partial charge in [0.2, 0.25) is 0 Å². The number of hydrogen-bond acceptors (Lipinski definition) is 2. The lowest BCUT2D eigenvalue weighted by atomic mass is 9.96. The summed E-state index contributed by atoms with van der Waals surface area (Å²) in [6.07, 6.45) is 6.22. The fourth-order valence-corrected chi connectivity index (χ4v) is 3.79. The van der Waals surface area contributed by atoms with Gasteiger partial charge in [-0.15, -0.1) is 0 Å². The predicted octanol–water partition coefficient (Wildman–Crippen LogP) is 3.76. The van der Waals surface area contributed by atoms with Crippen LogP contribution in [0.4, 0.5) is 0 Å². The number of aryl methyl sites for hydroxylation is 1. The van der Waals surface area contributed by atoms with Gasteiger partial charge in [0.25, 0.3) is 0 Å². The Hall–Kier alpha value is -0.860. The summed E-state index contributed by atoms with van der Waals surface area (Å²) in [4.78, 5) is 2.59. The van der Waals surface area contributed by atoms with Crippen LogP contribution >= 0.6 is 0 Å². The number of hydrogen-bond donors (Lipinski definition) is 1. The van der Waals surface area contributed by atoms with Crippen molar-refractivity contribution in [3.63, 3.8) is 0 Å². The zero-order valence-electron chi connectivity index (χ0n) is 13.3. The lowest BCUT2D eigenvalue weighted by Crippen LogP contribution is -2.39. The van der Waals surface area contributed by atoms with Gasteiger partial charge in [-0.3, -0.25) is 4.90 Å². The maximum absolute atomic E-state index is 5.95. The van der Waals surface area contributed by atoms with Gasteiger partial charge in [0.15, 0.2) is 0 Å². The Morgan fingerprint density at radius 1 is 1.20 bits per heavy atom. The smallest absolute Gasteiger partial charge is 0.0345 e. The molecule has 1 fully saturated rings. The van der Waals surface area contributed by atoms with E-state index in [1.807, 2.05) is 0 Å². The van der Waals surface area contributed by atoms with E-state index in [9.17, 15) is 0 Å². The average molecular weight is 274 g/mol. The number of rotatable bonds is 6. The number of nitrogens with two attached hydrogens (primary N) is 1. The first-order chi connectivity index (χ1) is 9.71. The molecule has 2 heteroatoms. The van der Waals surface area contributed by atoms with Gasteiger partial charge in [-0.2, -0.15) is 0 Å². The Kier molecular flexibility index (Phi) is 5.62. The van der Waals surface area contributed by atoms with E-state index in [-0.39, 0.29) is 0 Å². The second-order valence-electron chi connectivity index (χ2n) is 6.18. The summed E-state index contributed by atoms with van der Waals surface area (Å²) >= 11 is 0. The molecule has 2 rings (SSSR count). The third kappa shape index (κ3) is 3.24. The highest BCUT2D eigenvalue weighted by molar-refractivity contribution is 5.25. The molecule has 0 heterocycles. The van der Waals surface area contributed by atoms with Crippen LogP contribution < -0.4 is 5.73 Å². The Morgan fingerprint density at radius 3 is 2.45 bits per heavy atom. The molecule has 1 aromatic carbocycles. The summed E-state index contributed by atoms with van der Waals surface area (Å²) in [5.41, 5.74) is 8.83. The summed E-state index contributed by atoms with van der Waals surface area (Å²) < 4.78 is 0. The zero-order valence-corrected chi connectivity index (χ0v) is 13.3. The molecule has 3 unspecified atom stereocenters. The highest BCUT2D eigenvalue weighted by atomic mass is 15.2. The van der Waals surface area contributed by atoms with E-state index in [4.69, 9.17) is 5.73 Å². The van der Waals surface area contributed by atoms with Crippen molar-refractivity contribution >= 4 is 0 Å². The fourth-order valence-electron chi connectivity index (χ4n) is 3.79. The van der Waals surface area contributed by atoms with Gasteiger partial charge in [0.05, 0.1) is 0 Å². The van der Waals surface area contributed by atoms with Crippen molar-refractivity contribution in [3.8, 4) is 0 Å². The first-order valence-electron chi connectivity index (χ1n) is 8.22. The second-order valence-corrected chi connectivity index (χ2v) is 6.18. The van der Waals surface area contributed by atoms with Gasteiger partial charge in [-0.05, 0) is 56.3 Å². The van der Waals surface area contributed by atoms with Crippen molar-refractivity contribution < 1.29 is 0 Å². The van der Waals surface area contributed by atoms with E-state index in [0.29, 0.717) is 18.0 Å². The van der Waals surface area contributed by atoms with E-state index in [2.05, 4.69) is 50.1 Å². The molecular formula is C18H30N2. The van der Waals surface area contributed by atoms with Crippen molar-refractivity contribution in [2.75, 3.05) is 13.6 Å². The van der Waals surface area contributed by atoms with Crippen LogP contribution in [0.2, 0.25) is 0 Å². The molecule has 1 aliphatic rings. The van der Waals surface area contributed by atoms with Crippen LogP contribution in [0.3, 0.4) is 0 Å². The topological polar surface area (TPSA) is 29.3 Å². The molecular weight excluding hydrogens is 244 g/mol. The quantitative estimate of drug-likeness (QED) is 0.856. The van der Waals surface area contributed by atoms with Crippen LogP contribution in [0.15, 0.2) is 24.3 Å². The summed E-state index contributed by atoms with van der Waals surface area (Å²) in [5.74, 6) is 0.684.